The van der Waals surface area contributed by atoms with Crippen LogP contribution in [0.2, 0.25) is 0 Å². The minimum Gasteiger partial charge on any atom is -0.284 e. The Bertz CT molecular complexity index is 126. The van der Waals surface area contributed by atoms with Crippen LogP contribution in [0.25, 0.3) is 0 Å². The van der Waals surface area contributed by atoms with E-state index in [4.69, 9.17) is 0 Å². The topological polar surface area (TPSA) is 3.24 Å². The first kappa shape index (κ1) is 7.32. The first-order valence-corrected chi connectivity index (χ1v) is 5.80. The molecule has 0 aliphatic carbocycles. The maximum absolute atomic E-state index is 2.52. The Hall–Kier alpha value is 0.660. The van der Waals surface area contributed by atoms with Crippen LogP contribution in [0, 0.1) is 0 Å². The zero-order valence-electron chi connectivity index (χ0n) is 6.30. The summed E-state index contributed by atoms with van der Waals surface area (Å²) in [6.45, 7) is 1.31. The molecule has 2 fully saturated rings. The van der Waals surface area contributed by atoms with Gasteiger partial charge in [-0.25, -0.2) is 0 Å². The lowest BCUT2D eigenvalue weighted by Gasteiger charge is -2.29. The molecule has 2 heterocycles. The Morgan fingerprint density at radius 1 is 1.30 bits per heavy atom. The number of thioether (sulfide) groups is 2. The molecule has 0 aromatic carbocycles. The molecule has 58 valence electrons. The fourth-order valence-electron chi connectivity index (χ4n) is 1.71. The van der Waals surface area contributed by atoms with Gasteiger partial charge in [0.25, 0.3) is 0 Å². The van der Waals surface area contributed by atoms with Crippen molar-refractivity contribution in [2.24, 2.45) is 0 Å². The van der Waals surface area contributed by atoms with Crippen molar-refractivity contribution < 1.29 is 0 Å². The Labute approximate surface area is 70.9 Å². The second-order valence-corrected chi connectivity index (χ2v) is 5.94. The lowest BCUT2D eigenvalue weighted by Crippen LogP contribution is -2.32. The molecule has 0 bridgehead atoms. The molecule has 2 rings (SSSR count). The highest BCUT2D eigenvalue weighted by molar-refractivity contribution is 8.21. The number of hydrogen-bond donors (Lipinski definition) is 0. The Morgan fingerprint density at radius 2 is 2.00 bits per heavy atom. The van der Waals surface area contributed by atoms with Gasteiger partial charge < -0.3 is 0 Å². The van der Waals surface area contributed by atoms with E-state index in [0.29, 0.717) is 4.20 Å². The van der Waals surface area contributed by atoms with E-state index in [1.807, 2.05) is 0 Å². The second-order valence-electron chi connectivity index (χ2n) is 2.93. The van der Waals surface area contributed by atoms with E-state index in [9.17, 15) is 0 Å². The van der Waals surface area contributed by atoms with Crippen LogP contribution in [0.5, 0.6) is 0 Å². The standard InChI is InChI=1S/C7H13NS2/c1-8-4-2-3-7(8)9-5-6-10-7/h2-6H2,1H3. The summed E-state index contributed by atoms with van der Waals surface area (Å²) in [4.78, 5) is 2.52. The third-order valence-electron chi connectivity index (χ3n) is 2.31. The minimum atomic E-state index is 0.514. The third kappa shape index (κ3) is 0.990. The fourth-order valence-corrected chi connectivity index (χ4v) is 5.05. The van der Waals surface area contributed by atoms with Gasteiger partial charge in [-0.15, -0.1) is 23.5 Å². The SMILES string of the molecule is CN1CCCC12SCCS2. The van der Waals surface area contributed by atoms with Crippen LogP contribution >= 0.6 is 23.5 Å². The van der Waals surface area contributed by atoms with Gasteiger partial charge >= 0.3 is 0 Å². The van der Waals surface area contributed by atoms with E-state index in [2.05, 4.69) is 35.5 Å². The van der Waals surface area contributed by atoms with E-state index < -0.39 is 0 Å². The van der Waals surface area contributed by atoms with Crippen molar-refractivity contribution in [3.63, 3.8) is 0 Å². The normalized spacial score (nSPS) is 32.1. The van der Waals surface area contributed by atoms with Crippen LogP contribution in [0.3, 0.4) is 0 Å². The first-order valence-electron chi connectivity index (χ1n) is 3.83. The molecule has 10 heavy (non-hydrogen) atoms. The molecule has 1 nitrogen and oxygen atoms in total. The van der Waals surface area contributed by atoms with Crippen molar-refractivity contribution >= 4 is 23.5 Å². The smallest absolute Gasteiger partial charge is 0.114 e. The molecule has 0 amide bonds. The summed E-state index contributed by atoms with van der Waals surface area (Å²) in [5.41, 5.74) is 0. The summed E-state index contributed by atoms with van der Waals surface area (Å²) in [5.74, 6) is 2.71. The second kappa shape index (κ2) is 2.61. The fraction of sp³-hybridized carbons (Fsp3) is 1.00. The monoisotopic (exact) mass is 175 g/mol. The summed E-state index contributed by atoms with van der Waals surface area (Å²) in [6.07, 6.45) is 2.80. The van der Waals surface area contributed by atoms with Crippen LogP contribution in [-0.4, -0.2) is 34.2 Å². The summed E-state index contributed by atoms with van der Waals surface area (Å²) >= 11 is 4.30. The van der Waals surface area contributed by atoms with Gasteiger partial charge in [0.1, 0.15) is 4.20 Å². The molecule has 0 radical (unpaired) electrons. The molecule has 0 N–H and O–H groups in total. The van der Waals surface area contributed by atoms with Crippen LogP contribution in [0.4, 0.5) is 0 Å². The maximum atomic E-state index is 2.52. The first-order chi connectivity index (χ1) is 4.83. The summed E-state index contributed by atoms with van der Waals surface area (Å²) in [7, 11) is 2.26. The highest BCUT2D eigenvalue weighted by Crippen LogP contribution is 2.51. The van der Waals surface area contributed by atoms with Gasteiger partial charge in [-0.2, -0.15) is 0 Å². The number of rotatable bonds is 0. The van der Waals surface area contributed by atoms with Crippen molar-refractivity contribution in [1.29, 1.82) is 0 Å². The van der Waals surface area contributed by atoms with Gasteiger partial charge in [0.05, 0.1) is 0 Å². The van der Waals surface area contributed by atoms with Gasteiger partial charge in [0.2, 0.25) is 0 Å². The predicted molar refractivity (Wildman–Crippen MR) is 49.5 cm³/mol. The summed E-state index contributed by atoms with van der Waals surface area (Å²) < 4.78 is 0.514. The zero-order valence-corrected chi connectivity index (χ0v) is 7.93. The Kier molecular flexibility index (Phi) is 1.91. The van der Waals surface area contributed by atoms with Crippen molar-refractivity contribution in [1.82, 2.24) is 4.90 Å². The van der Waals surface area contributed by atoms with Crippen LogP contribution in [0.1, 0.15) is 12.8 Å². The van der Waals surface area contributed by atoms with Gasteiger partial charge in [-0.3, -0.25) is 4.90 Å². The minimum absolute atomic E-state index is 0.514. The van der Waals surface area contributed by atoms with Crippen LogP contribution < -0.4 is 0 Å². The molecule has 1 spiro atoms. The van der Waals surface area contributed by atoms with E-state index >= 15 is 0 Å². The molecular weight excluding hydrogens is 162 g/mol. The largest absolute Gasteiger partial charge is 0.284 e. The quantitative estimate of drug-likeness (QED) is 0.553. The lowest BCUT2D eigenvalue weighted by atomic mass is 10.4. The van der Waals surface area contributed by atoms with Crippen molar-refractivity contribution in [3.05, 3.63) is 0 Å². The van der Waals surface area contributed by atoms with Gasteiger partial charge in [0, 0.05) is 18.1 Å². The average molecular weight is 175 g/mol. The number of likely N-dealkylation sites (tertiary alicyclic amines) is 1. The van der Waals surface area contributed by atoms with Gasteiger partial charge in [-0.05, 0) is 19.9 Å². The summed E-state index contributed by atoms with van der Waals surface area (Å²) in [6, 6.07) is 0. The maximum Gasteiger partial charge on any atom is 0.114 e. The van der Waals surface area contributed by atoms with Gasteiger partial charge in [0.15, 0.2) is 0 Å². The molecule has 2 saturated heterocycles. The van der Waals surface area contributed by atoms with Crippen molar-refractivity contribution in [2.45, 2.75) is 17.0 Å². The Balaban J connectivity index is 2.11. The number of hydrogen-bond acceptors (Lipinski definition) is 3. The molecule has 0 unspecified atom stereocenters. The lowest BCUT2D eigenvalue weighted by molar-refractivity contribution is 0.366. The molecule has 0 saturated carbocycles. The van der Waals surface area contributed by atoms with Crippen LogP contribution in [0.15, 0.2) is 0 Å². The zero-order chi connectivity index (χ0) is 7.03. The third-order valence-corrected chi connectivity index (χ3v) is 6.02. The molecule has 0 aromatic rings. The van der Waals surface area contributed by atoms with E-state index in [0.717, 1.165) is 0 Å². The highest BCUT2D eigenvalue weighted by atomic mass is 32.2. The molecule has 2 aliphatic heterocycles. The van der Waals surface area contributed by atoms with Crippen molar-refractivity contribution in [3.8, 4) is 0 Å². The Morgan fingerprint density at radius 3 is 2.50 bits per heavy atom. The predicted octanol–water partition coefficient (Wildman–Crippen LogP) is 1.85. The van der Waals surface area contributed by atoms with Crippen molar-refractivity contribution in [2.75, 3.05) is 25.1 Å². The van der Waals surface area contributed by atoms with E-state index in [-0.39, 0.29) is 0 Å². The molecular formula is C7H13NS2. The van der Waals surface area contributed by atoms with E-state index in [1.165, 1.54) is 30.9 Å². The van der Waals surface area contributed by atoms with Crippen LogP contribution in [-0.2, 0) is 0 Å². The van der Waals surface area contributed by atoms with Gasteiger partial charge in [-0.1, -0.05) is 0 Å². The average Bonchev–Trinajstić information content (AvgIpc) is 2.48. The molecule has 3 heteroatoms. The molecule has 2 aliphatic rings. The molecule has 0 aromatic heterocycles. The number of nitrogens with zero attached hydrogens (tertiary/aromatic N) is 1. The molecule has 0 atom stereocenters. The highest BCUT2D eigenvalue weighted by Gasteiger charge is 2.42. The summed E-state index contributed by atoms with van der Waals surface area (Å²) in [5, 5.41) is 0. The van der Waals surface area contributed by atoms with E-state index in [1.54, 1.807) is 0 Å².